The number of rotatable bonds is 7. The van der Waals surface area contributed by atoms with Crippen molar-refractivity contribution in [2.24, 2.45) is 0 Å². The van der Waals surface area contributed by atoms with E-state index in [1.807, 2.05) is 6.92 Å². The molecule has 0 amide bonds. The summed E-state index contributed by atoms with van der Waals surface area (Å²) in [5, 5.41) is 0.929. The van der Waals surface area contributed by atoms with Crippen LogP contribution in [0.4, 0.5) is 0 Å². The molecule has 0 aliphatic heterocycles. The van der Waals surface area contributed by atoms with Gasteiger partial charge >= 0.3 is 96.6 Å². The second-order valence-electron chi connectivity index (χ2n) is 3.49. The van der Waals surface area contributed by atoms with Gasteiger partial charge in [0.15, 0.2) is 0 Å². The van der Waals surface area contributed by atoms with Crippen LogP contribution < -0.4 is 0 Å². The summed E-state index contributed by atoms with van der Waals surface area (Å²) in [6, 6.07) is 0. The summed E-state index contributed by atoms with van der Waals surface area (Å²) >= 11 is -1.69. The Hall–Kier alpha value is -0.302. The molecule has 0 aliphatic carbocycles. The van der Waals surface area contributed by atoms with Crippen molar-refractivity contribution in [1.29, 1.82) is 0 Å². The standard InChI is InChI=1S/C11H21AsO3/c1-5-7-8-12(10(4)13)9(3)11(14)15-6-2/h9H,5-8H2,1-4H3. The van der Waals surface area contributed by atoms with E-state index in [1.165, 1.54) is 0 Å². The predicted molar refractivity (Wildman–Crippen MR) is 62.2 cm³/mol. The molecule has 4 heteroatoms. The predicted octanol–water partition coefficient (Wildman–Crippen LogP) is 2.36. The zero-order chi connectivity index (χ0) is 11.8. The third-order valence-electron chi connectivity index (χ3n) is 2.25. The van der Waals surface area contributed by atoms with Gasteiger partial charge in [0, 0.05) is 0 Å². The van der Waals surface area contributed by atoms with Crippen LogP contribution in [0.15, 0.2) is 0 Å². The SMILES string of the molecule is CCCC[As](C(C)=O)C(C)C(=O)OCC. The van der Waals surface area contributed by atoms with Crippen molar-refractivity contribution in [3.63, 3.8) is 0 Å². The first-order valence-electron chi connectivity index (χ1n) is 5.48. The molecule has 0 spiro atoms. The number of unbranched alkanes of at least 4 members (excludes halogenated alkanes) is 1. The van der Waals surface area contributed by atoms with E-state index >= 15 is 0 Å². The van der Waals surface area contributed by atoms with E-state index in [-0.39, 0.29) is 15.2 Å². The molecule has 2 atom stereocenters. The molecular formula is C11H21AsO3. The molecule has 2 unspecified atom stereocenters. The van der Waals surface area contributed by atoms with Gasteiger partial charge in [-0.2, -0.15) is 0 Å². The Morgan fingerprint density at radius 3 is 2.33 bits per heavy atom. The van der Waals surface area contributed by atoms with Gasteiger partial charge in [0.1, 0.15) is 0 Å². The zero-order valence-corrected chi connectivity index (χ0v) is 12.0. The molecule has 0 rings (SSSR count). The van der Waals surface area contributed by atoms with Gasteiger partial charge in [-0.3, -0.25) is 0 Å². The summed E-state index contributed by atoms with van der Waals surface area (Å²) in [7, 11) is 0. The molecule has 0 radical (unpaired) electrons. The summed E-state index contributed by atoms with van der Waals surface area (Å²) < 4.78 is 5.03. The first-order valence-corrected chi connectivity index (χ1v) is 8.83. The molecule has 0 heterocycles. The molecule has 88 valence electrons. The van der Waals surface area contributed by atoms with E-state index in [0.29, 0.717) is 6.61 Å². The summed E-state index contributed by atoms with van der Waals surface area (Å²) in [6.07, 6.45) is 2.12. The maximum absolute atomic E-state index is 11.5. The third-order valence-corrected chi connectivity index (χ3v) is 8.03. The van der Waals surface area contributed by atoms with Crippen molar-refractivity contribution in [3.05, 3.63) is 0 Å². The summed E-state index contributed by atoms with van der Waals surface area (Å²) in [6.45, 7) is 7.75. The van der Waals surface area contributed by atoms with Crippen LogP contribution in [-0.2, 0) is 14.3 Å². The number of carbonyl (C=O) groups is 2. The number of hydrogen-bond donors (Lipinski definition) is 0. The van der Waals surface area contributed by atoms with Gasteiger partial charge in [0.25, 0.3) is 0 Å². The summed E-state index contributed by atoms with van der Waals surface area (Å²) in [5.74, 6) is -0.191. The quantitative estimate of drug-likeness (QED) is 0.529. The molecule has 15 heavy (non-hydrogen) atoms. The summed E-state index contributed by atoms with van der Waals surface area (Å²) in [5.41, 5.74) is 0. The molecule has 0 aromatic carbocycles. The van der Waals surface area contributed by atoms with Gasteiger partial charge in [-0.05, 0) is 0 Å². The van der Waals surface area contributed by atoms with Crippen molar-refractivity contribution < 1.29 is 14.3 Å². The maximum atomic E-state index is 11.5. The van der Waals surface area contributed by atoms with Gasteiger partial charge in [0.05, 0.1) is 0 Å². The van der Waals surface area contributed by atoms with Crippen LogP contribution in [0.3, 0.4) is 0 Å². The molecular weight excluding hydrogens is 255 g/mol. The van der Waals surface area contributed by atoms with Crippen LogP contribution >= 0.6 is 0 Å². The third kappa shape index (κ3) is 5.36. The van der Waals surface area contributed by atoms with Gasteiger partial charge in [-0.15, -0.1) is 0 Å². The van der Waals surface area contributed by atoms with E-state index < -0.39 is 14.7 Å². The first-order chi connectivity index (χ1) is 7.04. The van der Waals surface area contributed by atoms with Crippen LogP contribution in [-0.4, -0.2) is 31.8 Å². The molecule has 3 nitrogen and oxygen atoms in total. The number of ether oxygens (including phenoxy) is 1. The molecule has 0 saturated carbocycles. The first kappa shape index (κ1) is 14.7. The van der Waals surface area contributed by atoms with Crippen molar-refractivity contribution in [2.45, 2.75) is 50.5 Å². The Morgan fingerprint density at radius 1 is 1.33 bits per heavy atom. The topological polar surface area (TPSA) is 43.4 Å². The van der Waals surface area contributed by atoms with Crippen molar-refractivity contribution in [3.8, 4) is 0 Å². The van der Waals surface area contributed by atoms with E-state index in [0.717, 1.165) is 18.1 Å². The van der Waals surface area contributed by atoms with E-state index in [4.69, 9.17) is 4.74 Å². The fraction of sp³-hybridized carbons (Fsp3) is 0.818. The van der Waals surface area contributed by atoms with Crippen LogP contribution in [0.25, 0.3) is 0 Å². The zero-order valence-electron chi connectivity index (χ0n) is 10.1. The minimum atomic E-state index is -1.69. The van der Waals surface area contributed by atoms with Crippen molar-refractivity contribution in [1.82, 2.24) is 0 Å². The number of hydrogen-bond acceptors (Lipinski definition) is 3. The molecule has 0 N–H and O–H groups in total. The summed E-state index contributed by atoms with van der Waals surface area (Å²) in [4.78, 5) is 23.0. The normalized spacial score (nSPS) is 14.4. The second-order valence-corrected chi connectivity index (χ2v) is 9.35. The van der Waals surface area contributed by atoms with Gasteiger partial charge in [0.2, 0.25) is 0 Å². The second kappa shape index (κ2) is 7.92. The van der Waals surface area contributed by atoms with Crippen LogP contribution in [0.5, 0.6) is 0 Å². The van der Waals surface area contributed by atoms with E-state index in [1.54, 1.807) is 13.8 Å². The Labute approximate surface area is 96.8 Å². The fourth-order valence-electron chi connectivity index (χ4n) is 1.34. The van der Waals surface area contributed by atoms with Crippen molar-refractivity contribution >= 4 is 25.2 Å². The Bertz CT molecular complexity index is 216. The van der Waals surface area contributed by atoms with Crippen LogP contribution in [0.1, 0.15) is 40.5 Å². The molecule has 0 aromatic rings. The molecule has 0 fully saturated rings. The average molecular weight is 276 g/mol. The Kier molecular flexibility index (Phi) is 7.76. The van der Waals surface area contributed by atoms with Gasteiger partial charge in [-0.25, -0.2) is 0 Å². The molecule has 0 aromatic heterocycles. The fourth-order valence-corrected chi connectivity index (χ4v) is 6.03. The molecule has 0 aliphatic rings. The molecule has 0 bridgehead atoms. The number of esters is 1. The van der Waals surface area contributed by atoms with Gasteiger partial charge in [-0.1, -0.05) is 0 Å². The van der Waals surface area contributed by atoms with E-state index in [2.05, 4.69) is 6.92 Å². The minimum absolute atomic E-state index is 0.165. The average Bonchev–Trinajstić information content (AvgIpc) is 2.18. The van der Waals surface area contributed by atoms with E-state index in [9.17, 15) is 9.59 Å². The van der Waals surface area contributed by atoms with Crippen molar-refractivity contribution in [2.75, 3.05) is 6.61 Å². The Balaban J connectivity index is 4.33. The monoisotopic (exact) mass is 276 g/mol. The number of carbonyl (C=O) groups excluding carboxylic acids is 2. The molecule has 0 saturated heterocycles. The van der Waals surface area contributed by atoms with Crippen LogP contribution in [0, 0.1) is 0 Å². The Morgan fingerprint density at radius 2 is 1.93 bits per heavy atom. The van der Waals surface area contributed by atoms with Crippen LogP contribution in [0.2, 0.25) is 9.91 Å². The van der Waals surface area contributed by atoms with Gasteiger partial charge < -0.3 is 0 Å².